The van der Waals surface area contributed by atoms with E-state index in [1.165, 1.54) is 23.1 Å². The molecular weight excluding hydrogens is 373 g/mol. The van der Waals surface area contributed by atoms with E-state index in [0.717, 1.165) is 0 Å². The van der Waals surface area contributed by atoms with E-state index in [2.05, 4.69) is 10.2 Å². The van der Waals surface area contributed by atoms with Crippen molar-refractivity contribution in [1.82, 2.24) is 15.1 Å². The summed E-state index contributed by atoms with van der Waals surface area (Å²) in [5, 5.41) is 27.0. The van der Waals surface area contributed by atoms with Crippen molar-refractivity contribution >= 4 is 17.5 Å². The van der Waals surface area contributed by atoms with Gasteiger partial charge in [0.05, 0.1) is 12.6 Å². The molecule has 0 aliphatic carbocycles. The second-order valence-corrected chi connectivity index (χ2v) is 6.64. The summed E-state index contributed by atoms with van der Waals surface area (Å²) < 4.78 is 13.4. The zero-order valence-corrected chi connectivity index (χ0v) is 14.7. The number of benzene rings is 2. The molecule has 1 unspecified atom stereocenters. The first-order valence-corrected chi connectivity index (χ1v) is 8.63. The Balaban J connectivity index is 1.92. The Morgan fingerprint density at radius 2 is 1.96 bits per heavy atom. The molecule has 0 spiro atoms. The molecule has 1 aromatic heterocycles. The summed E-state index contributed by atoms with van der Waals surface area (Å²) in [7, 11) is 0. The van der Waals surface area contributed by atoms with Gasteiger partial charge in [-0.2, -0.15) is 5.10 Å². The second-order valence-electron chi connectivity index (χ2n) is 6.20. The highest BCUT2D eigenvalue weighted by molar-refractivity contribution is 6.31. The maximum Gasteiger partial charge on any atom is 0.273 e. The molecule has 3 N–H and O–H groups in total. The van der Waals surface area contributed by atoms with Crippen molar-refractivity contribution in [3.05, 3.63) is 70.1 Å². The number of phenolic OH excluding ortho intramolecular Hbond substituents is 1. The monoisotopic (exact) mass is 387 g/mol. The van der Waals surface area contributed by atoms with Gasteiger partial charge >= 0.3 is 0 Å². The largest absolute Gasteiger partial charge is 0.507 e. The molecule has 0 radical (unpaired) electrons. The van der Waals surface area contributed by atoms with Crippen LogP contribution in [0, 0.1) is 5.82 Å². The molecule has 1 aliphatic rings. The summed E-state index contributed by atoms with van der Waals surface area (Å²) in [4.78, 5) is 14.3. The van der Waals surface area contributed by atoms with E-state index in [-0.39, 0.29) is 30.5 Å². The Labute approximate surface area is 158 Å². The predicted molar refractivity (Wildman–Crippen MR) is 97.1 cm³/mol. The minimum Gasteiger partial charge on any atom is -0.507 e. The first kappa shape index (κ1) is 17.5. The zero-order chi connectivity index (χ0) is 19.1. The van der Waals surface area contributed by atoms with Crippen LogP contribution in [0.5, 0.6) is 5.75 Å². The van der Waals surface area contributed by atoms with Crippen LogP contribution in [0.2, 0.25) is 5.02 Å². The number of aromatic hydroxyl groups is 1. The molecule has 1 atom stereocenters. The molecule has 1 aliphatic heterocycles. The zero-order valence-electron chi connectivity index (χ0n) is 14.0. The summed E-state index contributed by atoms with van der Waals surface area (Å²) in [5.74, 6) is -0.745. The van der Waals surface area contributed by atoms with Gasteiger partial charge in [0.2, 0.25) is 0 Å². The molecule has 0 saturated heterocycles. The SMILES string of the molecule is O=C1c2[nH]nc(-c3cc(Cl)ccc3O)c2C(c2ccc(F)cc2)N1CCO. The Morgan fingerprint density at radius 3 is 2.67 bits per heavy atom. The van der Waals surface area contributed by atoms with Gasteiger partial charge in [-0.3, -0.25) is 9.89 Å². The van der Waals surface area contributed by atoms with Crippen LogP contribution in [0.4, 0.5) is 4.39 Å². The van der Waals surface area contributed by atoms with Crippen molar-refractivity contribution in [1.29, 1.82) is 0 Å². The number of hydrogen-bond acceptors (Lipinski definition) is 4. The average molecular weight is 388 g/mol. The predicted octanol–water partition coefficient (Wildman–Crippen LogP) is 3.11. The molecule has 138 valence electrons. The minimum absolute atomic E-state index is 0.0281. The lowest BCUT2D eigenvalue weighted by atomic mass is 9.95. The van der Waals surface area contributed by atoms with E-state index in [0.29, 0.717) is 27.4 Å². The van der Waals surface area contributed by atoms with Gasteiger partial charge in [0.15, 0.2) is 0 Å². The van der Waals surface area contributed by atoms with Gasteiger partial charge in [-0.1, -0.05) is 23.7 Å². The molecule has 2 aromatic carbocycles. The van der Waals surface area contributed by atoms with E-state index in [4.69, 9.17) is 11.6 Å². The standard InChI is InChI=1S/C19H15ClFN3O3/c20-11-3-6-14(26)13(9-11)16-15-17(23-22-16)19(27)24(7-8-25)18(15)10-1-4-12(21)5-2-10/h1-6,9,18,25-26H,7-8H2,(H,22,23). The second kappa shape index (κ2) is 6.68. The number of halogens is 2. The maximum absolute atomic E-state index is 13.4. The van der Waals surface area contributed by atoms with Crippen LogP contribution in [-0.2, 0) is 0 Å². The number of aliphatic hydroxyl groups excluding tert-OH is 1. The van der Waals surface area contributed by atoms with E-state index in [1.807, 2.05) is 0 Å². The maximum atomic E-state index is 13.4. The summed E-state index contributed by atoms with van der Waals surface area (Å²) in [6.07, 6.45) is 0. The molecule has 0 fully saturated rings. The molecule has 8 heteroatoms. The van der Waals surface area contributed by atoms with Gasteiger partial charge in [0.25, 0.3) is 5.91 Å². The Hall–Kier alpha value is -2.90. The number of fused-ring (bicyclic) bond motifs is 1. The number of β-amino-alcohol motifs (C(OH)–C–C–N with tert-alkyl or cyclic N) is 1. The topological polar surface area (TPSA) is 89.5 Å². The van der Waals surface area contributed by atoms with Crippen LogP contribution in [0.3, 0.4) is 0 Å². The normalized spacial score (nSPS) is 16.0. The third-order valence-electron chi connectivity index (χ3n) is 4.60. The Kier molecular flexibility index (Phi) is 4.33. The number of carbonyl (C=O) groups excluding carboxylic acids is 1. The number of hydrogen-bond donors (Lipinski definition) is 3. The molecule has 2 heterocycles. The minimum atomic E-state index is -0.576. The number of rotatable bonds is 4. The lowest BCUT2D eigenvalue weighted by molar-refractivity contribution is 0.0706. The van der Waals surface area contributed by atoms with Gasteiger partial charge in [-0.25, -0.2) is 4.39 Å². The van der Waals surface area contributed by atoms with Gasteiger partial charge in [-0.05, 0) is 35.9 Å². The highest BCUT2D eigenvalue weighted by Crippen LogP contribution is 2.44. The molecular formula is C19H15ClFN3O3. The fourth-order valence-electron chi connectivity index (χ4n) is 3.43. The fourth-order valence-corrected chi connectivity index (χ4v) is 3.60. The molecule has 3 aromatic rings. The number of nitrogens with zero attached hydrogens (tertiary/aromatic N) is 2. The van der Waals surface area contributed by atoms with Crippen molar-refractivity contribution in [2.45, 2.75) is 6.04 Å². The van der Waals surface area contributed by atoms with E-state index < -0.39 is 11.9 Å². The highest BCUT2D eigenvalue weighted by Gasteiger charge is 2.42. The molecule has 0 bridgehead atoms. The number of phenols is 1. The van der Waals surface area contributed by atoms with E-state index in [1.54, 1.807) is 24.3 Å². The fraction of sp³-hybridized carbons (Fsp3) is 0.158. The van der Waals surface area contributed by atoms with E-state index in [9.17, 15) is 19.4 Å². The number of amides is 1. The van der Waals surface area contributed by atoms with Gasteiger partial charge in [0, 0.05) is 22.7 Å². The van der Waals surface area contributed by atoms with Crippen LogP contribution in [-0.4, -0.2) is 44.4 Å². The molecule has 27 heavy (non-hydrogen) atoms. The lowest BCUT2D eigenvalue weighted by Gasteiger charge is -2.25. The van der Waals surface area contributed by atoms with Crippen LogP contribution in [0.25, 0.3) is 11.3 Å². The molecule has 1 amide bonds. The smallest absolute Gasteiger partial charge is 0.273 e. The first-order chi connectivity index (χ1) is 13.0. The first-order valence-electron chi connectivity index (χ1n) is 8.25. The number of aromatic nitrogens is 2. The Bertz CT molecular complexity index is 1020. The van der Waals surface area contributed by atoms with Gasteiger partial charge in [-0.15, -0.1) is 0 Å². The number of H-pyrrole nitrogens is 1. The van der Waals surface area contributed by atoms with Crippen molar-refractivity contribution in [2.24, 2.45) is 0 Å². The number of nitrogens with one attached hydrogen (secondary N) is 1. The Morgan fingerprint density at radius 1 is 1.22 bits per heavy atom. The molecule has 6 nitrogen and oxygen atoms in total. The van der Waals surface area contributed by atoms with Crippen molar-refractivity contribution in [3.8, 4) is 17.0 Å². The molecule has 0 saturated carbocycles. The molecule has 4 rings (SSSR count). The van der Waals surface area contributed by atoms with Crippen LogP contribution >= 0.6 is 11.6 Å². The summed E-state index contributed by atoms with van der Waals surface area (Å²) >= 11 is 6.06. The third-order valence-corrected chi connectivity index (χ3v) is 4.84. The van der Waals surface area contributed by atoms with Crippen molar-refractivity contribution in [3.63, 3.8) is 0 Å². The van der Waals surface area contributed by atoms with Crippen LogP contribution in [0.1, 0.15) is 27.7 Å². The number of carbonyl (C=O) groups is 1. The average Bonchev–Trinajstić information content (AvgIpc) is 3.19. The summed E-state index contributed by atoms with van der Waals surface area (Å²) in [5.41, 5.74) is 2.25. The van der Waals surface area contributed by atoms with Crippen LogP contribution < -0.4 is 0 Å². The quantitative estimate of drug-likeness (QED) is 0.641. The van der Waals surface area contributed by atoms with Crippen LogP contribution in [0.15, 0.2) is 42.5 Å². The summed E-state index contributed by atoms with van der Waals surface area (Å²) in [6, 6.07) is 9.78. The van der Waals surface area contributed by atoms with Gasteiger partial charge in [0.1, 0.15) is 23.0 Å². The number of aliphatic hydroxyl groups is 1. The van der Waals surface area contributed by atoms with Crippen molar-refractivity contribution < 1.29 is 19.4 Å². The third kappa shape index (κ3) is 2.85. The van der Waals surface area contributed by atoms with Gasteiger partial charge < -0.3 is 15.1 Å². The van der Waals surface area contributed by atoms with Crippen molar-refractivity contribution in [2.75, 3.05) is 13.2 Å². The number of aromatic amines is 1. The lowest BCUT2D eigenvalue weighted by Crippen LogP contribution is -2.32. The summed E-state index contributed by atoms with van der Waals surface area (Å²) in [6.45, 7) is -0.122. The highest BCUT2D eigenvalue weighted by atomic mass is 35.5. The van der Waals surface area contributed by atoms with E-state index >= 15 is 0 Å².